The number of rotatable bonds is 6. The van der Waals surface area contributed by atoms with Crippen LogP contribution in [0.25, 0.3) is 0 Å². The number of ketones is 1. The summed E-state index contributed by atoms with van der Waals surface area (Å²) in [7, 11) is -3.62. The highest BCUT2D eigenvalue weighted by Gasteiger charge is 2.28. The zero-order chi connectivity index (χ0) is 15.3. The first-order valence-electron chi connectivity index (χ1n) is 7.33. The van der Waals surface area contributed by atoms with E-state index in [1.807, 2.05) is 6.07 Å². The van der Waals surface area contributed by atoms with Crippen molar-refractivity contribution in [2.75, 3.05) is 13.2 Å². The molecule has 1 aliphatic carbocycles. The van der Waals surface area contributed by atoms with Crippen molar-refractivity contribution in [1.29, 1.82) is 0 Å². The Kier molecular flexibility index (Phi) is 5.57. The molecule has 0 spiro atoms. The monoisotopic (exact) mass is 312 g/mol. The number of hydrogen-bond acceptors (Lipinski definition) is 5. The number of Topliss-reactive ketones (excluding diaryl/α,β-unsaturated/α-hetero) is 1. The van der Waals surface area contributed by atoms with Crippen molar-refractivity contribution >= 4 is 13.6 Å². The molecule has 0 N–H and O–H groups in total. The lowest BCUT2D eigenvalue weighted by atomic mass is 10.0. The Morgan fingerprint density at radius 3 is 2.43 bits per heavy atom. The molecule has 1 aliphatic rings. The second-order valence-corrected chi connectivity index (χ2v) is 6.42. The molecule has 21 heavy (non-hydrogen) atoms. The molecule has 0 saturated heterocycles. The van der Waals surface area contributed by atoms with Crippen LogP contribution in [0.5, 0.6) is 5.75 Å². The molecule has 0 fully saturated rings. The molecule has 5 nitrogen and oxygen atoms in total. The van der Waals surface area contributed by atoms with Gasteiger partial charge in [0.05, 0.1) is 13.2 Å². The minimum absolute atomic E-state index is 0.107. The van der Waals surface area contributed by atoms with Crippen molar-refractivity contribution in [3.05, 3.63) is 29.3 Å². The number of carbonyl (C=O) groups excluding carboxylic acids is 1. The maximum absolute atomic E-state index is 12.3. The van der Waals surface area contributed by atoms with E-state index in [0.717, 1.165) is 24.8 Å². The van der Waals surface area contributed by atoms with Crippen LogP contribution in [0, 0.1) is 0 Å². The quantitative estimate of drug-likeness (QED) is 0.583. The lowest BCUT2D eigenvalue weighted by molar-refractivity contribution is 0.0981. The summed E-state index contributed by atoms with van der Waals surface area (Å²) in [5.74, 6) is 0.449. The van der Waals surface area contributed by atoms with E-state index in [0.29, 0.717) is 17.7 Å². The molecule has 0 amide bonds. The maximum Gasteiger partial charge on any atom is 0.530 e. The third-order valence-electron chi connectivity index (χ3n) is 3.27. The average molecular weight is 312 g/mol. The number of benzene rings is 1. The normalized spacial score (nSPS) is 15.4. The van der Waals surface area contributed by atoms with E-state index < -0.39 is 7.82 Å². The standard InChI is InChI=1S/C15H21O5P/c1-3-18-21(17,19-4-2)20-13-10-9-12-7-5-6-8-15(16)14(12)11-13/h9-11H,3-8H2,1-2H3. The Balaban J connectivity index is 2.25. The van der Waals surface area contributed by atoms with Crippen LogP contribution in [0.2, 0.25) is 0 Å². The van der Waals surface area contributed by atoms with E-state index in [2.05, 4.69) is 0 Å². The summed E-state index contributed by atoms with van der Waals surface area (Å²) >= 11 is 0. The van der Waals surface area contributed by atoms with Crippen LogP contribution in [-0.2, 0) is 20.0 Å². The van der Waals surface area contributed by atoms with Crippen LogP contribution in [0.4, 0.5) is 0 Å². The van der Waals surface area contributed by atoms with Gasteiger partial charge in [0.15, 0.2) is 5.78 Å². The summed E-state index contributed by atoms with van der Waals surface area (Å²) in [4.78, 5) is 12.1. The highest BCUT2D eigenvalue weighted by Crippen LogP contribution is 2.49. The largest absolute Gasteiger partial charge is 0.530 e. The fourth-order valence-electron chi connectivity index (χ4n) is 2.36. The Morgan fingerprint density at radius 2 is 1.76 bits per heavy atom. The molecule has 0 aliphatic heterocycles. The zero-order valence-electron chi connectivity index (χ0n) is 12.5. The molecule has 0 radical (unpaired) electrons. The lowest BCUT2D eigenvalue weighted by Gasteiger charge is -2.17. The highest BCUT2D eigenvalue weighted by molar-refractivity contribution is 7.48. The minimum Gasteiger partial charge on any atom is -0.404 e. The fourth-order valence-corrected chi connectivity index (χ4v) is 3.55. The third kappa shape index (κ3) is 4.16. The van der Waals surface area contributed by atoms with Crippen molar-refractivity contribution in [3.63, 3.8) is 0 Å². The predicted molar refractivity (Wildman–Crippen MR) is 79.8 cm³/mol. The van der Waals surface area contributed by atoms with Gasteiger partial charge in [0, 0.05) is 12.0 Å². The van der Waals surface area contributed by atoms with Crippen molar-refractivity contribution in [2.24, 2.45) is 0 Å². The van der Waals surface area contributed by atoms with Gasteiger partial charge in [-0.05, 0) is 50.8 Å². The molecule has 0 atom stereocenters. The van der Waals surface area contributed by atoms with Gasteiger partial charge in [-0.3, -0.25) is 13.8 Å². The van der Waals surface area contributed by atoms with Crippen LogP contribution in [-0.4, -0.2) is 19.0 Å². The summed E-state index contributed by atoms with van der Waals surface area (Å²) in [6.45, 7) is 3.88. The van der Waals surface area contributed by atoms with Crippen LogP contribution in [0.15, 0.2) is 18.2 Å². The van der Waals surface area contributed by atoms with Gasteiger partial charge in [-0.25, -0.2) is 4.57 Å². The van der Waals surface area contributed by atoms with Crippen LogP contribution in [0.1, 0.15) is 49.0 Å². The van der Waals surface area contributed by atoms with Crippen molar-refractivity contribution < 1.29 is 22.9 Å². The molecule has 0 bridgehead atoms. The Bertz CT molecular complexity index is 545. The van der Waals surface area contributed by atoms with E-state index in [1.165, 1.54) is 0 Å². The van der Waals surface area contributed by atoms with Crippen LogP contribution < -0.4 is 4.52 Å². The van der Waals surface area contributed by atoms with Gasteiger partial charge in [-0.15, -0.1) is 0 Å². The Morgan fingerprint density at radius 1 is 1.10 bits per heavy atom. The number of fused-ring (bicyclic) bond motifs is 1. The minimum atomic E-state index is -3.62. The molecule has 116 valence electrons. The van der Waals surface area contributed by atoms with Crippen LogP contribution >= 0.6 is 7.82 Å². The third-order valence-corrected chi connectivity index (χ3v) is 4.86. The first-order valence-corrected chi connectivity index (χ1v) is 8.79. The first kappa shape index (κ1) is 16.2. The molecule has 0 heterocycles. The number of aryl methyl sites for hydroxylation is 1. The Labute approximate surface area is 125 Å². The summed E-state index contributed by atoms with van der Waals surface area (Å²) in [5.41, 5.74) is 1.68. The van der Waals surface area contributed by atoms with Crippen LogP contribution in [0.3, 0.4) is 0 Å². The van der Waals surface area contributed by atoms with Crippen molar-refractivity contribution in [3.8, 4) is 5.75 Å². The molecule has 1 aromatic rings. The number of carbonyl (C=O) groups is 1. The van der Waals surface area contributed by atoms with E-state index in [4.69, 9.17) is 13.6 Å². The first-order chi connectivity index (χ1) is 10.1. The molecule has 0 saturated carbocycles. The van der Waals surface area contributed by atoms with Gasteiger partial charge >= 0.3 is 7.82 Å². The van der Waals surface area contributed by atoms with Crippen molar-refractivity contribution in [2.45, 2.75) is 39.5 Å². The van der Waals surface area contributed by atoms with E-state index in [9.17, 15) is 9.36 Å². The lowest BCUT2D eigenvalue weighted by Crippen LogP contribution is -2.04. The SMILES string of the molecule is CCOP(=O)(OCC)Oc1ccc2c(c1)C(=O)CCCC2. The van der Waals surface area contributed by atoms with Gasteiger partial charge in [0.25, 0.3) is 0 Å². The summed E-state index contributed by atoms with van der Waals surface area (Å²) < 4.78 is 27.9. The second-order valence-electron chi connectivity index (χ2n) is 4.82. The Hall–Kier alpha value is -1.16. The topological polar surface area (TPSA) is 61.8 Å². The average Bonchev–Trinajstić information content (AvgIpc) is 2.61. The predicted octanol–water partition coefficient (Wildman–Crippen LogP) is 4.16. The highest BCUT2D eigenvalue weighted by atomic mass is 31.2. The number of phosphoric ester groups is 1. The van der Waals surface area contributed by atoms with Gasteiger partial charge < -0.3 is 4.52 Å². The summed E-state index contributed by atoms with van der Waals surface area (Å²) in [5, 5.41) is 0. The zero-order valence-corrected chi connectivity index (χ0v) is 13.4. The molecular weight excluding hydrogens is 291 g/mol. The molecule has 6 heteroatoms. The fraction of sp³-hybridized carbons (Fsp3) is 0.533. The number of hydrogen-bond donors (Lipinski definition) is 0. The van der Waals surface area contributed by atoms with Gasteiger partial charge in [-0.2, -0.15) is 0 Å². The second kappa shape index (κ2) is 7.21. The summed E-state index contributed by atoms with van der Waals surface area (Å²) in [6.07, 6.45) is 3.34. The molecule has 1 aromatic carbocycles. The van der Waals surface area contributed by atoms with E-state index in [-0.39, 0.29) is 19.0 Å². The number of phosphoric acid groups is 1. The van der Waals surface area contributed by atoms with Gasteiger partial charge in [0.1, 0.15) is 5.75 Å². The maximum atomic E-state index is 12.3. The smallest absolute Gasteiger partial charge is 0.404 e. The van der Waals surface area contributed by atoms with E-state index >= 15 is 0 Å². The van der Waals surface area contributed by atoms with E-state index in [1.54, 1.807) is 26.0 Å². The molecule has 0 unspecified atom stereocenters. The summed E-state index contributed by atoms with van der Waals surface area (Å²) in [6, 6.07) is 5.21. The van der Waals surface area contributed by atoms with Gasteiger partial charge in [0.2, 0.25) is 0 Å². The van der Waals surface area contributed by atoms with Gasteiger partial charge in [-0.1, -0.05) is 6.07 Å². The molecule has 2 rings (SSSR count). The molecule has 0 aromatic heterocycles. The van der Waals surface area contributed by atoms with Crippen molar-refractivity contribution in [1.82, 2.24) is 0 Å². The molecular formula is C15H21O5P.